The fourth-order valence-electron chi connectivity index (χ4n) is 2.98. The summed E-state index contributed by atoms with van der Waals surface area (Å²) >= 11 is 12.9. The van der Waals surface area contributed by atoms with E-state index in [0.29, 0.717) is 0 Å². The molecule has 0 fully saturated rings. The van der Waals surface area contributed by atoms with Crippen LogP contribution in [0.25, 0.3) is 0 Å². The molecule has 0 radical (unpaired) electrons. The van der Waals surface area contributed by atoms with Crippen molar-refractivity contribution in [2.24, 2.45) is 0 Å². The van der Waals surface area contributed by atoms with Gasteiger partial charge in [-0.3, -0.25) is 0 Å². The van der Waals surface area contributed by atoms with Gasteiger partial charge in [-0.2, -0.15) is 0 Å². The number of ether oxygens (including phenoxy) is 2. The maximum Gasteiger partial charge on any atom is 0.125 e. The number of rotatable bonds is 10. The lowest BCUT2D eigenvalue weighted by atomic mass is 10.1. The number of alkyl halides is 2. The minimum absolute atomic E-state index is 0.148. The number of hydrogen-bond acceptors (Lipinski definition) is 5. The monoisotopic (exact) mass is 458 g/mol. The van der Waals surface area contributed by atoms with Crippen molar-refractivity contribution in [3.8, 4) is 11.5 Å². The van der Waals surface area contributed by atoms with Crippen molar-refractivity contribution in [2.75, 3.05) is 25.0 Å². The third-order valence-corrected chi connectivity index (χ3v) is 5.96. The Morgan fingerprint density at radius 3 is 1.31 bits per heavy atom. The highest BCUT2D eigenvalue weighted by Crippen LogP contribution is 2.37. The highest BCUT2D eigenvalue weighted by molar-refractivity contribution is 7.99. The molecule has 0 aliphatic rings. The molecule has 2 rings (SSSR count). The fraction of sp³-hybridized carbons (Fsp3) is 0.455. The Bertz CT molecular complexity index is 715. The van der Waals surface area contributed by atoms with E-state index in [2.05, 4.69) is 24.3 Å². The topological polar surface area (TPSA) is 58.9 Å². The highest BCUT2D eigenvalue weighted by atomic mass is 35.5. The van der Waals surface area contributed by atoms with Gasteiger partial charge in [0.25, 0.3) is 0 Å². The Labute approximate surface area is 187 Å². The van der Waals surface area contributed by atoms with E-state index in [1.807, 2.05) is 27.7 Å². The molecule has 4 nitrogen and oxygen atoms in total. The van der Waals surface area contributed by atoms with Crippen LogP contribution in [0.5, 0.6) is 11.5 Å². The Morgan fingerprint density at radius 2 is 1.03 bits per heavy atom. The number of hydrogen-bond donors (Lipinski definition) is 2. The van der Waals surface area contributed by atoms with Crippen molar-refractivity contribution < 1.29 is 19.7 Å². The van der Waals surface area contributed by atoms with Crippen LogP contribution >= 0.6 is 35.0 Å². The number of aryl methyl sites for hydroxylation is 4. The molecule has 2 atom stereocenters. The van der Waals surface area contributed by atoms with E-state index < -0.39 is 12.2 Å². The number of halogens is 2. The van der Waals surface area contributed by atoms with Crippen LogP contribution in [-0.4, -0.2) is 47.4 Å². The van der Waals surface area contributed by atoms with Gasteiger partial charge < -0.3 is 19.7 Å². The first-order valence-electron chi connectivity index (χ1n) is 9.39. The Morgan fingerprint density at radius 1 is 0.724 bits per heavy atom. The number of aliphatic hydroxyl groups excluding tert-OH is 2. The molecule has 7 heteroatoms. The normalized spacial score (nSPS) is 13.2. The molecular formula is C22H28Cl2O4S. The second-order valence-electron chi connectivity index (χ2n) is 7.11. The molecule has 0 saturated carbocycles. The molecule has 29 heavy (non-hydrogen) atoms. The molecule has 0 aliphatic carbocycles. The van der Waals surface area contributed by atoms with Crippen LogP contribution in [0.1, 0.15) is 22.3 Å². The van der Waals surface area contributed by atoms with Gasteiger partial charge >= 0.3 is 0 Å². The summed E-state index contributed by atoms with van der Waals surface area (Å²) in [5.74, 6) is 1.87. The second kappa shape index (κ2) is 11.3. The zero-order chi connectivity index (χ0) is 21.6. The van der Waals surface area contributed by atoms with E-state index in [4.69, 9.17) is 32.7 Å². The van der Waals surface area contributed by atoms with Crippen LogP contribution < -0.4 is 9.47 Å². The zero-order valence-electron chi connectivity index (χ0n) is 17.2. The molecule has 0 aromatic heterocycles. The minimum Gasteiger partial charge on any atom is -0.490 e. The van der Waals surface area contributed by atoms with Crippen molar-refractivity contribution in [1.29, 1.82) is 0 Å². The first-order chi connectivity index (χ1) is 13.7. The van der Waals surface area contributed by atoms with E-state index in [0.717, 1.165) is 43.5 Å². The van der Waals surface area contributed by atoms with Crippen molar-refractivity contribution >= 4 is 35.0 Å². The first kappa shape index (κ1) is 24.2. The molecule has 2 aromatic rings. The lowest BCUT2D eigenvalue weighted by Crippen LogP contribution is -2.19. The quantitative estimate of drug-likeness (QED) is 0.488. The van der Waals surface area contributed by atoms with Crippen LogP contribution in [-0.2, 0) is 0 Å². The van der Waals surface area contributed by atoms with Crippen LogP contribution in [0, 0.1) is 27.7 Å². The molecule has 2 unspecified atom stereocenters. The average molecular weight is 459 g/mol. The van der Waals surface area contributed by atoms with Gasteiger partial charge in [-0.15, -0.1) is 23.2 Å². The van der Waals surface area contributed by atoms with E-state index in [1.165, 1.54) is 0 Å². The van der Waals surface area contributed by atoms with Crippen LogP contribution in [0.2, 0.25) is 0 Å². The van der Waals surface area contributed by atoms with Crippen molar-refractivity contribution in [1.82, 2.24) is 0 Å². The van der Waals surface area contributed by atoms with Gasteiger partial charge in [0.15, 0.2) is 0 Å². The highest BCUT2D eigenvalue weighted by Gasteiger charge is 2.13. The maximum absolute atomic E-state index is 9.62. The predicted molar refractivity (Wildman–Crippen MR) is 120 cm³/mol. The second-order valence-corrected chi connectivity index (χ2v) is 8.88. The summed E-state index contributed by atoms with van der Waals surface area (Å²) < 4.78 is 11.5. The molecule has 0 amide bonds. The van der Waals surface area contributed by atoms with Gasteiger partial charge in [0, 0.05) is 9.79 Å². The molecule has 0 bridgehead atoms. The van der Waals surface area contributed by atoms with Gasteiger partial charge in [0.05, 0.1) is 11.8 Å². The third-order valence-electron chi connectivity index (χ3n) is 4.30. The van der Waals surface area contributed by atoms with Gasteiger partial charge in [0.1, 0.15) is 36.9 Å². The van der Waals surface area contributed by atoms with E-state index in [1.54, 1.807) is 11.8 Å². The predicted octanol–water partition coefficient (Wildman–Crippen LogP) is 5.03. The molecule has 2 N–H and O–H groups in total. The summed E-state index contributed by atoms with van der Waals surface area (Å²) in [6.45, 7) is 8.33. The molecule has 0 heterocycles. The van der Waals surface area contributed by atoms with Crippen molar-refractivity contribution in [3.05, 3.63) is 46.5 Å². The lowest BCUT2D eigenvalue weighted by Gasteiger charge is -2.17. The lowest BCUT2D eigenvalue weighted by molar-refractivity contribution is 0.124. The zero-order valence-corrected chi connectivity index (χ0v) is 19.5. The van der Waals surface area contributed by atoms with Crippen molar-refractivity contribution in [2.45, 2.75) is 49.7 Å². The Balaban J connectivity index is 2.15. The molecule has 0 saturated heterocycles. The van der Waals surface area contributed by atoms with E-state index in [-0.39, 0.29) is 25.0 Å². The van der Waals surface area contributed by atoms with Gasteiger partial charge in [-0.05, 0) is 74.2 Å². The van der Waals surface area contributed by atoms with Gasteiger partial charge in [-0.1, -0.05) is 11.8 Å². The molecular weight excluding hydrogens is 431 g/mol. The summed E-state index contributed by atoms with van der Waals surface area (Å²) in [6, 6.07) is 8.30. The summed E-state index contributed by atoms with van der Waals surface area (Å²) in [4.78, 5) is 2.21. The summed E-state index contributed by atoms with van der Waals surface area (Å²) in [6.07, 6.45) is -1.36. The summed E-state index contributed by atoms with van der Waals surface area (Å²) in [7, 11) is 0. The van der Waals surface area contributed by atoms with Gasteiger partial charge in [-0.25, -0.2) is 0 Å². The largest absolute Gasteiger partial charge is 0.490 e. The van der Waals surface area contributed by atoms with Crippen molar-refractivity contribution in [3.63, 3.8) is 0 Å². The SMILES string of the molecule is Cc1cc(Sc2cc(C)c(OCC(O)CCl)c(C)c2)cc(C)c1OCC(O)CCl. The summed E-state index contributed by atoms with van der Waals surface area (Å²) in [5.41, 5.74) is 4.05. The van der Waals surface area contributed by atoms with E-state index in [9.17, 15) is 10.2 Å². The summed E-state index contributed by atoms with van der Waals surface area (Å²) in [5, 5.41) is 19.2. The maximum atomic E-state index is 9.62. The molecule has 0 spiro atoms. The van der Waals surface area contributed by atoms with Gasteiger partial charge in [0.2, 0.25) is 0 Å². The van der Waals surface area contributed by atoms with Crippen LogP contribution in [0.3, 0.4) is 0 Å². The van der Waals surface area contributed by atoms with Crippen LogP contribution in [0.15, 0.2) is 34.1 Å². The van der Waals surface area contributed by atoms with Crippen LogP contribution in [0.4, 0.5) is 0 Å². The smallest absolute Gasteiger partial charge is 0.125 e. The number of aliphatic hydroxyl groups is 2. The average Bonchev–Trinajstić information content (AvgIpc) is 2.66. The molecule has 160 valence electrons. The minimum atomic E-state index is -0.679. The van der Waals surface area contributed by atoms with E-state index >= 15 is 0 Å². The Hall–Kier alpha value is -1.11. The molecule has 0 aliphatic heterocycles. The molecule has 2 aromatic carbocycles. The number of benzene rings is 2. The standard InChI is InChI=1S/C22H28Cl2O4S/c1-13-5-19(6-14(2)21(13)27-11-17(25)9-23)29-20-7-15(3)22(16(4)8-20)28-12-18(26)10-24/h5-8,17-18,25-26H,9-12H2,1-4H3. The third kappa shape index (κ3) is 6.97. The first-order valence-corrected chi connectivity index (χ1v) is 11.3. The fourth-order valence-corrected chi connectivity index (χ4v) is 4.37. The Kier molecular flexibility index (Phi) is 9.44.